The molecule has 0 saturated heterocycles. The van der Waals surface area contributed by atoms with Gasteiger partial charge in [-0.05, 0) is 53.6 Å². The molecule has 0 bridgehead atoms. The molecule has 3 aromatic carbocycles. The highest BCUT2D eigenvalue weighted by molar-refractivity contribution is 5.80. The molecule has 0 atom stereocenters. The van der Waals surface area contributed by atoms with Crippen LogP contribution < -0.4 is 10.9 Å². The molecule has 156 valence electrons. The number of aromatic nitrogens is 2. The minimum Gasteiger partial charge on any atom is -0.352 e. The van der Waals surface area contributed by atoms with Crippen LogP contribution in [0.2, 0.25) is 0 Å². The Morgan fingerprint density at radius 1 is 1.06 bits per heavy atom. The SMILES string of the molecule is CC(=O)NCc1cccc(-n2c(/C=C/c3ccc(C#N)cc3)nc3ccccc3c2=O)c1. The fourth-order valence-corrected chi connectivity index (χ4v) is 3.38. The number of fused-ring (bicyclic) bond motifs is 1. The van der Waals surface area contributed by atoms with Crippen LogP contribution in [0.5, 0.6) is 0 Å². The van der Waals surface area contributed by atoms with Crippen molar-refractivity contribution < 1.29 is 4.79 Å². The number of nitrogens with one attached hydrogen (secondary N) is 1. The Hall–Kier alpha value is -4.50. The monoisotopic (exact) mass is 420 g/mol. The van der Waals surface area contributed by atoms with Crippen molar-refractivity contribution in [1.29, 1.82) is 5.26 Å². The van der Waals surface area contributed by atoms with Gasteiger partial charge in [-0.15, -0.1) is 0 Å². The van der Waals surface area contributed by atoms with Gasteiger partial charge in [0.2, 0.25) is 5.91 Å². The Morgan fingerprint density at radius 3 is 2.59 bits per heavy atom. The Morgan fingerprint density at radius 2 is 1.84 bits per heavy atom. The van der Waals surface area contributed by atoms with Gasteiger partial charge in [0.05, 0.1) is 28.2 Å². The highest BCUT2D eigenvalue weighted by Crippen LogP contribution is 2.17. The smallest absolute Gasteiger partial charge is 0.266 e. The molecule has 0 spiro atoms. The lowest BCUT2D eigenvalue weighted by Crippen LogP contribution is -2.23. The van der Waals surface area contributed by atoms with Crippen LogP contribution in [0.4, 0.5) is 0 Å². The van der Waals surface area contributed by atoms with Crippen LogP contribution in [0.3, 0.4) is 0 Å². The van der Waals surface area contributed by atoms with E-state index in [2.05, 4.69) is 11.4 Å². The quantitative estimate of drug-likeness (QED) is 0.527. The highest BCUT2D eigenvalue weighted by atomic mass is 16.1. The van der Waals surface area contributed by atoms with Crippen molar-refractivity contribution in [3.8, 4) is 11.8 Å². The minimum atomic E-state index is -0.174. The van der Waals surface area contributed by atoms with Crippen LogP contribution in [0.15, 0.2) is 77.6 Å². The number of benzene rings is 3. The summed E-state index contributed by atoms with van der Waals surface area (Å²) in [5.74, 6) is 0.362. The number of carbonyl (C=O) groups is 1. The van der Waals surface area contributed by atoms with Crippen LogP contribution in [0.25, 0.3) is 28.7 Å². The van der Waals surface area contributed by atoms with Crippen LogP contribution >= 0.6 is 0 Å². The first kappa shape index (κ1) is 20.8. The molecule has 6 nitrogen and oxygen atoms in total. The number of nitrogens with zero attached hydrogens (tertiary/aromatic N) is 3. The predicted molar refractivity (Wildman–Crippen MR) is 125 cm³/mol. The van der Waals surface area contributed by atoms with E-state index in [0.29, 0.717) is 34.5 Å². The molecule has 0 aliphatic heterocycles. The second kappa shape index (κ2) is 9.11. The number of rotatable bonds is 5. The van der Waals surface area contributed by atoms with Crippen molar-refractivity contribution in [3.63, 3.8) is 0 Å². The van der Waals surface area contributed by atoms with E-state index < -0.39 is 0 Å². The topological polar surface area (TPSA) is 87.8 Å². The zero-order chi connectivity index (χ0) is 22.5. The molecule has 0 saturated carbocycles. The van der Waals surface area contributed by atoms with Crippen molar-refractivity contribution in [2.45, 2.75) is 13.5 Å². The Bertz CT molecular complexity index is 1430. The Labute approximate surface area is 185 Å². The zero-order valence-corrected chi connectivity index (χ0v) is 17.4. The lowest BCUT2D eigenvalue weighted by atomic mass is 10.1. The molecule has 6 heteroatoms. The van der Waals surface area contributed by atoms with Gasteiger partial charge in [0.25, 0.3) is 5.56 Å². The molecule has 1 aromatic heterocycles. The molecular formula is C26H20N4O2. The number of nitriles is 1. The first-order chi connectivity index (χ1) is 15.5. The summed E-state index contributed by atoms with van der Waals surface area (Å²) < 4.78 is 1.57. The van der Waals surface area contributed by atoms with E-state index in [1.807, 2.05) is 60.7 Å². The van der Waals surface area contributed by atoms with E-state index in [1.165, 1.54) is 6.92 Å². The van der Waals surface area contributed by atoms with E-state index >= 15 is 0 Å². The molecule has 0 fully saturated rings. The van der Waals surface area contributed by atoms with E-state index in [4.69, 9.17) is 10.2 Å². The van der Waals surface area contributed by atoms with E-state index in [9.17, 15) is 9.59 Å². The molecular weight excluding hydrogens is 400 g/mol. The van der Waals surface area contributed by atoms with Gasteiger partial charge in [0.1, 0.15) is 5.82 Å². The number of hydrogen-bond donors (Lipinski definition) is 1. The number of para-hydroxylation sites is 1. The van der Waals surface area contributed by atoms with Crippen molar-refractivity contribution in [3.05, 3.63) is 106 Å². The standard InChI is InChI=1S/C26H20N4O2/c1-18(31)28-17-21-5-4-6-22(15-21)30-25(14-13-19-9-11-20(16-27)12-10-19)29-24-8-3-2-7-23(24)26(30)32/h2-15H,17H2,1H3,(H,28,31)/b14-13+. The largest absolute Gasteiger partial charge is 0.352 e. The van der Waals surface area contributed by atoms with Gasteiger partial charge >= 0.3 is 0 Å². The van der Waals surface area contributed by atoms with Crippen LogP contribution in [-0.4, -0.2) is 15.5 Å². The van der Waals surface area contributed by atoms with Gasteiger partial charge in [0, 0.05) is 13.5 Å². The molecule has 4 aromatic rings. The molecule has 1 heterocycles. The lowest BCUT2D eigenvalue weighted by molar-refractivity contribution is -0.119. The third-order valence-electron chi connectivity index (χ3n) is 4.98. The second-order valence-electron chi connectivity index (χ2n) is 7.27. The molecule has 0 aliphatic carbocycles. The van der Waals surface area contributed by atoms with Crippen LogP contribution in [0, 0.1) is 11.3 Å². The van der Waals surface area contributed by atoms with Crippen molar-refractivity contribution in [1.82, 2.24) is 14.9 Å². The summed E-state index contributed by atoms with van der Waals surface area (Å²) in [7, 11) is 0. The van der Waals surface area contributed by atoms with Gasteiger partial charge < -0.3 is 5.32 Å². The number of carbonyl (C=O) groups excluding carboxylic acids is 1. The Balaban J connectivity index is 1.83. The summed E-state index contributed by atoms with van der Waals surface area (Å²) in [6.45, 7) is 1.84. The summed E-state index contributed by atoms with van der Waals surface area (Å²) >= 11 is 0. The van der Waals surface area contributed by atoms with Crippen molar-refractivity contribution in [2.75, 3.05) is 0 Å². The number of hydrogen-bond acceptors (Lipinski definition) is 4. The Kier molecular flexibility index (Phi) is 5.91. The summed E-state index contributed by atoms with van der Waals surface area (Å²) in [5, 5.41) is 12.3. The van der Waals surface area contributed by atoms with Gasteiger partial charge in [-0.25, -0.2) is 4.98 Å². The first-order valence-electron chi connectivity index (χ1n) is 10.1. The molecule has 0 aliphatic rings. The number of amides is 1. The summed E-state index contributed by atoms with van der Waals surface area (Å²) in [5.41, 5.74) is 3.45. The fraction of sp³-hybridized carbons (Fsp3) is 0.0769. The maximum Gasteiger partial charge on any atom is 0.266 e. The van der Waals surface area contributed by atoms with E-state index in [0.717, 1.165) is 11.1 Å². The molecule has 32 heavy (non-hydrogen) atoms. The van der Waals surface area contributed by atoms with Crippen LogP contribution in [0.1, 0.15) is 29.4 Å². The minimum absolute atomic E-state index is 0.119. The summed E-state index contributed by atoms with van der Waals surface area (Å²) in [4.78, 5) is 29.4. The fourth-order valence-electron chi connectivity index (χ4n) is 3.38. The maximum atomic E-state index is 13.4. The van der Waals surface area contributed by atoms with Gasteiger partial charge in [0.15, 0.2) is 0 Å². The molecule has 4 rings (SSSR count). The van der Waals surface area contributed by atoms with E-state index in [-0.39, 0.29) is 11.5 Å². The summed E-state index contributed by atoms with van der Waals surface area (Å²) in [6.07, 6.45) is 3.64. The summed E-state index contributed by atoms with van der Waals surface area (Å²) in [6, 6.07) is 24.0. The molecule has 0 unspecified atom stereocenters. The zero-order valence-electron chi connectivity index (χ0n) is 17.4. The predicted octanol–water partition coefficient (Wildman–Crippen LogP) is 4.06. The average Bonchev–Trinajstić information content (AvgIpc) is 2.82. The molecule has 1 N–H and O–H groups in total. The average molecular weight is 420 g/mol. The van der Waals surface area contributed by atoms with Gasteiger partial charge in [-0.1, -0.05) is 42.5 Å². The lowest BCUT2D eigenvalue weighted by Gasteiger charge is -2.13. The van der Waals surface area contributed by atoms with Gasteiger partial charge in [-0.3, -0.25) is 14.2 Å². The normalized spacial score (nSPS) is 10.9. The molecule has 1 amide bonds. The third kappa shape index (κ3) is 4.47. The van der Waals surface area contributed by atoms with Crippen LogP contribution in [-0.2, 0) is 11.3 Å². The molecule has 0 radical (unpaired) electrons. The van der Waals surface area contributed by atoms with Crippen molar-refractivity contribution >= 4 is 29.0 Å². The third-order valence-corrected chi connectivity index (χ3v) is 4.98. The highest BCUT2D eigenvalue weighted by Gasteiger charge is 2.11. The first-order valence-corrected chi connectivity index (χ1v) is 10.1. The van der Waals surface area contributed by atoms with Crippen molar-refractivity contribution in [2.24, 2.45) is 0 Å². The maximum absolute atomic E-state index is 13.4. The van der Waals surface area contributed by atoms with E-state index in [1.54, 1.807) is 28.8 Å². The second-order valence-corrected chi connectivity index (χ2v) is 7.27. The van der Waals surface area contributed by atoms with Gasteiger partial charge in [-0.2, -0.15) is 5.26 Å².